The summed E-state index contributed by atoms with van der Waals surface area (Å²) in [4.78, 5) is 24.0. The number of likely N-dealkylation sites (tertiary alicyclic amines) is 1. The molecule has 0 bridgehead atoms. The number of carbonyl (C=O) groups is 2. The Hall–Kier alpha value is -1.76. The van der Waals surface area contributed by atoms with Crippen LogP contribution in [-0.2, 0) is 19.1 Å². The molecule has 0 radical (unpaired) electrons. The molecule has 7 heteroatoms. The summed E-state index contributed by atoms with van der Waals surface area (Å²) in [5.74, 6) is -1.71. The summed E-state index contributed by atoms with van der Waals surface area (Å²) in [5.41, 5.74) is 0. The number of amides is 1. The van der Waals surface area contributed by atoms with Crippen LogP contribution in [0.5, 0.6) is 0 Å². The quantitative estimate of drug-likeness (QED) is 0.640. The first-order chi connectivity index (χ1) is 8.09. The maximum Gasteiger partial charge on any atom is 0.326 e. The zero-order valence-corrected chi connectivity index (χ0v) is 9.04. The van der Waals surface area contributed by atoms with Gasteiger partial charge in [0.1, 0.15) is 25.5 Å². The van der Waals surface area contributed by atoms with Crippen LogP contribution in [0.25, 0.3) is 0 Å². The van der Waals surface area contributed by atoms with E-state index in [1.54, 1.807) is 0 Å². The van der Waals surface area contributed by atoms with Crippen molar-refractivity contribution in [3.63, 3.8) is 0 Å². The number of aliphatic hydroxyl groups excluding tert-OH is 1. The third kappa shape index (κ3) is 2.33. The third-order valence-corrected chi connectivity index (χ3v) is 2.68. The van der Waals surface area contributed by atoms with Gasteiger partial charge >= 0.3 is 5.97 Å². The lowest BCUT2D eigenvalue weighted by atomic mass is 10.2. The predicted molar refractivity (Wildman–Crippen MR) is 53.7 cm³/mol. The number of carboxylic acid groups (broad SMARTS) is 1. The normalized spacial score (nSPS) is 28.1. The first-order valence-corrected chi connectivity index (χ1v) is 5.26. The molecule has 2 aliphatic heterocycles. The van der Waals surface area contributed by atoms with Crippen LogP contribution in [0.1, 0.15) is 6.42 Å². The molecule has 2 N–H and O–H groups in total. The van der Waals surface area contributed by atoms with Gasteiger partial charge in [0.25, 0.3) is 5.91 Å². The first-order valence-electron chi connectivity index (χ1n) is 5.26. The second-order valence-corrected chi connectivity index (χ2v) is 3.90. The molecular formula is C10H13NO6. The molecule has 1 saturated heterocycles. The smallest absolute Gasteiger partial charge is 0.326 e. The fourth-order valence-electron chi connectivity index (χ4n) is 1.89. The van der Waals surface area contributed by atoms with Crippen molar-refractivity contribution in [3.05, 3.63) is 12.0 Å². The minimum atomic E-state index is -1.13. The van der Waals surface area contributed by atoms with Gasteiger partial charge in [-0.25, -0.2) is 4.79 Å². The Morgan fingerprint density at radius 2 is 2.18 bits per heavy atom. The van der Waals surface area contributed by atoms with Crippen molar-refractivity contribution in [2.45, 2.75) is 18.6 Å². The summed E-state index contributed by atoms with van der Waals surface area (Å²) in [6.45, 7) is 0.615. The zero-order valence-electron chi connectivity index (χ0n) is 9.04. The third-order valence-electron chi connectivity index (χ3n) is 2.68. The Kier molecular flexibility index (Phi) is 3.19. The Balaban J connectivity index is 2.12. The van der Waals surface area contributed by atoms with Crippen LogP contribution in [0.15, 0.2) is 12.0 Å². The lowest BCUT2D eigenvalue weighted by Crippen LogP contribution is -2.42. The van der Waals surface area contributed by atoms with E-state index in [1.807, 2.05) is 0 Å². The summed E-state index contributed by atoms with van der Waals surface area (Å²) in [5, 5.41) is 18.4. The highest BCUT2D eigenvalue weighted by molar-refractivity contribution is 5.94. The van der Waals surface area contributed by atoms with Gasteiger partial charge in [-0.1, -0.05) is 0 Å². The summed E-state index contributed by atoms with van der Waals surface area (Å²) >= 11 is 0. The lowest BCUT2D eigenvalue weighted by Gasteiger charge is -2.23. The SMILES string of the molecule is O=C(O)[C@@H]1CC(O)CN1C(=O)C1=COCCO1. The molecule has 2 aliphatic rings. The number of aliphatic hydroxyl groups is 1. The Morgan fingerprint density at radius 3 is 2.76 bits per heavy atom. The van der Waals surface area contributed by atoms with Gasteiger partial charge in [0, 0.05) is 13.0 Å². The molecule has 1 unspecified atom stereocenters. The number of carbonyl (C=O) groups excluding carboxylic acids is 1. The van der Waals surface area contributed by atoms with E-state index >= 15 is 0 Å². The fraction of sp³-hybridized carbons (Fsp3) is 0.600. The topological polar surface area (TPSA) is 96.3 Å². The van der Waals surface area contributed by atoms with E-state index in [2.05, 4.69) is 0 Å². The average Bonchev–Trinajstić information content (AvgIpc) is 2.72. The van der Waals surface area contributed by atoms with E-state index in [0.717, 1.165) is 4.90 Å². The van der Waals surface area contributed by atoms with Crippen LogP contribution in [0.4, 0.5) is 0 Å². The highest BCUT2D eigenvalue weighted by Gasteiger charge is 2.40. The zero-order chi connectivity index (χ0) is 12.4. The number of rotatable bonds is 2. The maximum absolute atomic E-state index is 11.9. The number of nitrogens with zero attached hydrogens (tertiary/aromatic N) is 1. The Labute approximate surface area is 97.2 Å². The van der Waals surface area contributed by atoms with Crippen LogP contribution in [0.3, 0.4) is 0 Å². The van der Waals surface area contributed by atoms with E-state index in [-0.39, 0.29) is 25.3 Å². The van der Waals surface area contributed by atoms with Crippen molar-refractivity contribution < 1.29 is 29.3 Å². The fourth-order valence-corrected chi connectivity index (χ4v) is 1.89. The highest BCUT2D eigenvalue weighted by atomic mass is 16.6. The summed E-state index contributed by atoms with van der Waals surface area (Å²) in [6.07, 6.45) is 0.398. The van der Waals surface area contributed by atoms with Gasteiger partial charge < -0.3 is 24.6 Å². The van der Waals surface area contributed by atoms with Crippen molar-refractivity contribution in [1.29, 1.82) is 0 Å². The molecule has 0 aromatic heterocycles. The Morgan fingerprint density at radius 1 is 1.41 bits per heavy atom. The molecule has 1 fully saturated rings. The summed E-state index contributed by atoms with van der Waals surface area (Å²) in [6, 6.07) is -1.01. The van der Waals surface area contributed by atoms with Gasteiger partial charge in [-0.2, -0.15) is 0 Å². The van der Waals surface area contributed by atoms with Crippen LogP contribution < -0.4 is 0 Å². The van der Waals surface area contributed by atoms with Gasteiger partial charge in [-0.15, -0.1) is 0 Å². The number of β-amino-alcohol motifs (C(OH)–C–C–N with tert-alkyl or cyclic N) is 1. The van der Waals surface area contributed by atoms with Gasteiger partial charge in [-0.3, -0.25) is 4.79 Å². The van der Waals surface area contributed by atoms with Crippen molar-refractivity contribution in [2.24, 2.45) is 0 Å². The maximum atomic E-state index is 11.9. The minimum absolute atomic E-state index is 0.00347. The molecular weight excluding hydrogens is 230 g/mol. The summed E-state index contributed by atoms with van der Waals surface area (Å²) in [7, 11) is 0. The van der Waals surface area contributed by atoms with Gasteiger partial charge in [0.15, 0.2) is 0 Å². The number of ether oxygens (including phenoxy) is 2. The highest BCUT2D eigenvalue weighted by Crippen LogP contribution is 2.21. The largest absolute Gasteiger partial charge is 0.494 e. The van der Waals surface area contributed by atoms with E-state index in [0.29, 0.717) is 6.61 Å². The molecule has 0 aromatic rings. The van der Waals surface area contributed by atoms with E-state index < -0.39 is 24.0 Å². The summed E-state index contributed by atoms with van der Waals surface area (Å²) < 4.78 is 10.0. The molecule has 1 amide bonds. The molecule has 94 valence electrons. The molecule has 2 rings (SSSR count). The van der Waals surface area contributed by atoms with Crippen LogP contribution in [-0.4, -0.2) is 58.9 Å². The number of aliphatic carboxylic acids is 1. The van der Waals surface area contributed by atoms with Crippen molar-refractivity contribution in [2.75, 3.05) is 19.8 Å². The lowest BCUT2D eigenvalue weighted by molar-refractivity contribution is -0.148. The standard InChI is InChI=1S/C10H13NO6/c12-6-3-7(10(14)15)11(4-6)9(13)8-5-16-1-2-17-8/h5-7,12H,1-4H2,(H,14,15)/t6?,7-/m0/s1. The van der Waals surface area contributed by atoms with Crippen molar-refractivity contribution in [3.8, 4) is 0 Å². The van der Waals surface area contributed by atoms with Gasteiger partial charge in [-0.05, 0) is 0 Å². The van der Waals surface area contributed by atoms with Crippen LogP contribution in [0, 0.1) is 0 Å². The molecule has 0 aliphatic carbocycles. The van der Waals surface area contributed by atoms with E-state index in [9.17, 15) is 14.7 Å². The molecule has 0 saturated carbocycles. The number of hydrogen-bond acceptors (Lipinski definition) is 5. The molecule has 17 heavy (non-hydrogen) atoms. The molecule has 2 atom stereocenters. The molecule has 0 aromatic carbocycles. The van der Waals surface area contributed by atoms with Crippen LogP contribution >= 0.6 is 0 Å². The monoisotopic (exact) mass is 243 g/mol. The van der Waals surface area contributed by atoms with Crippen molar-refractivity contribution >= 4 is 11.9 Å². The van der Waals surface area contributed by atoms with Crippen LogP contribution in [0.2, 0.25) is 0 Å². The molecule has 0 spiro atoms. The van der Waals surface area contributed by atoms with E-state index in [1.165, 1.54) is 6.26 Å². The minimum Gasteiger partial charge on any atom is -0.494 e. The Bertz CT molecular complexity index is 366. The number of carboxylic acids is 1. The second kappa shape index (κ2) is 4.62. The predicted octanol–water partition coefficient (Wildman–Crippen LogP) is -1.08. The number of hydrogen-bond donors (Lipinski definition) is 2. The molecule has 7 nitrogen and oxygen atoms in total. The van der Waals surface area contributed by atoms with E-state index in [4.69, 9.17) is 14.6 Å². The van der Waals surface area contributed by atoms with Crippen molar-refractivity contribution in [1.82, 2.24) is 4.90 Å². The van der Waals surface area contributed by atoms with Gasteiger partial charge in [0.05, 0.1) is 6.10 Å². The average molecular weight is 243 g/mol. The van der Waals surface area contributed by atoms with Gasteiger partial charge in [0.2, 0.25) is 5.76 Å². The first kappa shape index (κ1) is 11.7. The molecule has 2 heterocycles. The second-order valence-electron chi connectivity index (χ2n) is 3.90.